The van der Waals surface area contributed by atoms with E-state index in [9.17, 15) is 4.39 Å². The Morgan fingerprint density at radius 2 is 1.67 bits per heavy atom. The molecule has 0 aliphatic rings. The Morgan fingerprint density at radius 1 is 1.06 bits per heavy atom. The first-order chi connectivity index (χ1) is 8.63. The largest absolute Gasteiger partial charge is 0.453 e. The molecule has 0 aliphatic carbocycles. The SMILES string of the molecule is N#Cc1c(F)cccc1Oc1c(Cl)cccc1Cl. The Labute approximate surface area is 113 Å². The summed E-state index contributed by atoms with van der Waals surface area (Å²) in [6, 6.07) is 10.7. The van der Waals surface area contributed by atoms with Gasteiger partial charge in [-0.25, -0.2) is 4.39 Å². The number of benzene rings is 2. The van der Waals surface area contributed by atoms with Crippen LogP contribution in [0.5, 0.6) is 11.5 Å². The van der Waals surface area contributed by atoms with Gasteiger partial charge in [0.05, 0.1) is 10.0 Å². The molecule has 2 nitrogen and oxygen atoms in total. The number of para-hydroxylation sites is 1. The Hall–Kier alpha value is -1.76. The average Bonchev–Trinajstić information content (AvgIpc) is 2.34. The zero-order chi connectivity index (χ0) is 13.1. The molecule has 0 unspecified atom stereocenters. The minimum absolute atomic E-state index is 0.0764. The number of halogens is 3. The molecule has 0 radical (unpaired) electrons. The van der Waals surface area contributed by atoms with Crippen molar-refractivity contribution in [3.63, 3.8) is 0 Å². The van der Waals surface area contributed by atoms with Crippen LogP contribution in [0.3, 0.4) is 0 Å². The molecule has 0 bridgehead atoms. The molecule has 0 N–H and O–H groups in total. The van der Waals surface area contributed by atoms with Crippen molar-refractivity contribution in [2.75, 3.05) is 0 Å². The minimum Gasteiger partial charge on any atom is -0.453 e. The molecule has 0 saturated heterocycles. The van der Waals surface area contributed by atoms with Crippen molar-refractivity contribution < 1.29 is 9.13 Å². The van der Waals surface area contributed by atoms with Crippen LogP contribution in [0, 0.1) is 17.1 Å². The highest BCUT2D eigenvalue weighted by Crippen LogP contribution is 2.37. The molecule has 0 aliphatic heterocycles. The first-order valence-electron chi connectivity index (χ1n) is 4.94. The van der Waals surface area contributed by atoms with Crippen LogP contribution in [0.4, 0.5) is 4.39 Å². The Balaban J connectivity index is 2.48. The van der Waals surface area contributed by atoms with Crippen LogP contribution in [0.15, 0.2) is 36.4 Å². The average molecular weight is 282 g/mol. The maximum absolute atomic E-state index is 13.4. The molecule has 5 heteroatoms. The predicted molar refractivity (Wildman–Crippen MR) is 67.7 cm³/mol. The molecule has 2 aromatic carbocycles. The monoisotopic (exact) mass is 281 g/mol. The van der Waals surface area contributed by atoms with Gasteiger partial charge in [-0.15, -0.1) is 0 Å². The van der Waals surface area contributed by atoms with E-state index in [0.717, 1.165) is 0 Å². The van der Waals surface area contributed by atoms with E-state index in [1.807, 2.05) is 0 Å². The second-order valence-corrected chi connectivity index (χ2v) is 4.19. The first-order valence-corrected chi connectivity index (χ1v) is 5.69. The lowest BCUT2D eigenvalue weighted by Crippen LogP contribution is -1.92. The van der Waals surface area contributed by atoms with Crippen LogP contribution in [0.1, 0.15) is 5.56 Å². The predicted octanol–water partition coefficient (Wildman–Crippen LogP) is 4.80. The molecule has 0 amide bonds. The van der Waals surface area contributed by atoms with Gasteiger partial charge in [-0.3, -0.25) is 0 Å². The second-order valence-electron chi connectivity index (χ2n) is 3.38. The fourth-order valence-electron chi connectivity index (χ4n) is 1.39. The highest BCUT2D eigenvalue weighted by atomic mass is 35.5. The van der Waals surface area contributed by atoms with Gasteiger partial charge in [-0.1, -0.05) is 35.3 Å². The summed E-state index contributed by atoms with van der Waals surface area (Å²) in [7, 11) is 0. The number of hydrogen-bond acceptors (Lipinski definition) is 2. The van der Waals surface area contributed by atoms with Gasteiger partial charge in [0, 0.05) is 0 Å². The van der Waals surface area contributed by atoms with Crippen molar-refractivity contribution >= 4 is 23.2 Å². The number of nitriles is 1. The summed E-state index contributed by atoms with van der Waals surface area (Å²) in [5.41, 5.74) is -0.187. The van der Waals surface area contributed by atoms with Crippen LogP contribution in [0.25, 0.3) is 0 Å². The molecule has 2 rings (SSSR count). The van der Waals surface area contributed by atoms with E-state index in [4.69, 9.17) is 33.2 Å². The molecule has 2 aromatic rings. The summed E-state index contributed by atoms with van der Waals surface area (Å²) in [5, 5.41) is 9.46. The van der Waals surface area contributed by atoms with Gasteiger partial charge in [-0.2, -0.15) is 5.26 Å². The third kappa shape index (κ3) is 2.40. The third-order valence-corrected chi connectivity index (χ3v) is 2.81. The molecule has 0 aromatic heterocycles. The van der Waals surface area contributed by atoms with Gasteiger partial charge in [-0.05, 0) is 24.3 Å². The smallest absolute Gasteiger partial charge is 0.164 e. The van der Waals surface area contributed by atoms with E-state index in [1.165, 1.54) is 18.2 Å². The highest BCUT2D eigenvalue weighted by Gasteiger charge is 2.13. The van der Waals surface area contributed by atoms with Crippen molar-refractivity contribution in [1.82, 2.24) is 0 Å². The summed E-state index contributed by atoms with van der Waals surface area (Å²) in [6.07, 6.45) is 0. The Morgan fingerprint density at radius 3 is 2.28 bits per heavy atom. The molecular weight excluding hydrogens is 276 g/mol. The molecule has 0 spiro atoms. The summed E-state index contributed by atoms with van der Waals surface area (Å²) >= 11 is 11.9. The number of hydrogen-bond donors (Lipinski definition) is 0. The maximum atomic E-state index is 13.4. The Kier molecular flexibility index (Phi) is 3.71. The van der Waals surface area contributed by atoms with Crippen molar-refractivity contribution in [2.45, 2.75) is 0 Å². The van der Waals surface area contributed by atoms with E-state index >= 15 is 0 Å². The van der Waals surface area contributed by atoms with E-state index in [1.54, 1.807) is 24.3 Å². The number of nitrogens with zero attached hydrogens (tertiary/aromatic N) is 1. The fourth-order valence-corrected chi connectivity index (χ4v) is 1.86. The molecular formula is C13H6Cl2FNO. The normalized spacial score (nSPS) is 9.89. The maximum Gasteiger partial charge on any atom is 0.164 e. The summed E-state index contributed by atoms with van der Waals surface area (Å²) in [5.74, 6) is -0.381. The lowest BCUT2D eigenvalue weighted by atomic mass is 10.2. The van der Waals surface area contributed by atoms with Gasteiger partial charge in [0.2, 0.25) is 0 Å². The number of rotatable bonds is 2. The number of ether oxygens (including phenoxy) is 1. The van der Waals surface area contributed by atoms with Gasteiger partial charge >= 0.3 is 0 Å². The van der Waals surface area contributed by atoms with Crippen LogP contribution in [-0.2, 0) is 0 Å². The molecule has 90 valence electrons. The van der Waals surface area contributed by atoms with Crippen molar-refractivity contribution in [2.24, 2.45) is 0 Å². The van der Waals surface area contributed by atoms with Crippen LogP contribution in [0.2, 0.25) is 10.0 Å². The summed E-state index contributed by atoms with van der Waals surface area (Å²) in [4.78, 5) is 0. The topological polar surface area (TPSA) is 33.0 Å². The van der Waals surface area contributed by atoms with Gasteiger partial charge < -0.3 is 4.74 Å². The van der Waals surface area contributed by atoms with E-state index in [0.29, 0.717) is 0 Å². The minimum atomic E-state index is -0.654. The lowest BCUT2D eigenvalue weighted by molar-refractivity contribution is 0.475. The van der Waals surface area contributed by atoms with Crippen molar-refractivity contribution in [3.05, 3.63) is 57.8 Å². The highest BCUT2D eigenvalue weighted by molar-refractivity contribution is 6.37. The Bertz CT molecular complexity index is 617. The summed E-state index contributed by atoms with van der Waals surface area (Å²) in [6.45, 7) is 0. The standard InChI is InChI=1S/C13H6Cl2FNO/c14-9-3-1-4-10(15)13(9)18-12-6-2-5-11(16)8(12)7-17/h1-6H. The van der Waals surface area contributed by atoms with Gasteiger partial charge in [0.15, 0.2) is 5.75 Å². The summed E-state index contributed by atoms with van der Waals surface area (Å²) < 4.78 is 18.8. The van der Waals surface area contributed by atoms with Crippen LogP contribution >= 0.6 is 23.2 Å². The van der Waals surface area contributed by atoms with Gasteiger partial charge in [0.1, 0.15) is 23.2 Å². The van der Waals surface area contributed by atoms with E-state index in [2.05, 4.69) is 0 Å². The fraction of sp³-hybridized carbons (Fsp3) is 0. The van der Waals surface area contributed by atoms with Crippen molar-refractivity contribution in [3.8, 4) is 17.6 Å². The quantitative estimate of drug-likeness (QED) is 0.792. The van der Waals surface area contributed by atoms with Gasteiger partial charge in [0.25, 0.3) is 0 Å². The molecule has 18 heavy (non-hydrogen) atoms. The zero-order valence-corrected chi connectivity index (χ0v) is 10.5. The zero-order valence-electron chi connectivity index (χ0n) is 8.95. The van der Waals surface area contributed by atoms with E-state index in [-0.39, 0.29) is 27.1 Å². The molecule has 0 atom stereocenters. The van der Waals surface area contributed by atoms with Crippen LogP contribution in [-0.4, -0.2) is 0 Å². The molecule has 0 heterocycles. The lowest BCUT2D eigenvalue weighted by Gasteiger charge is -2.10. The molecule has 0 fully saturated rings. The van der Waals surface area contributed by atoms with Crippen LogP contribution < -0.4 is 4.74 Å². The first kappa shape index (κ1) is 12.7. The third-order valence-electron chi connectivity index (χ3n) is 2.22. The van der Waals surface area contributed by atoms with Crippen molar-refractivity contribution in [1.29, 1.82) is 5.26 Å². The van der Waals surface area contributed by atoms with E-state index < -0.39 is 5.82 Å². The molecule has 0 saturated carbocycles. The second kappa shape index (κ2) is 5.26.